The van der Waals surface area contributed by atoms with Crippen molar-refractivity contribution in [3.63, 3.8) is 0 Å². The number of benzene rings is 1. The Morgan fingerprint density at radius 1 is 1.20 bits per heavy atom. The number of hydrogen-bond acceptors (Lipinski definition) is 6. The van der Waals surface area contributed by atoms with Gasteiger partial charge in [-0.15, -0.1) is 10.2 Å². The zero-order chi connectivity index (χ0) is 18.2. The van der Waals surface area contributed by atoms with Gasteiger partial charge in [0.2, 0.25) is 15.0 Å². The van der Waals surface area contributed by atoms with Crippen LogP contribution in [0.2, 0.25) is 0 Å². The predicted octanol–water partition coefficient (Wildman–Crippen LogP) is 2.25. The summed E-state index contributed by atoms with van der Waals surface area (Å²) in [5.74, 6) is -1.25. The van der Waals surface area contributed by atoms with Crippen molar-refractivity contribution in [2.75, 3.05) is 0 Å². The summed E-state index contributed by atoms with van der Waals surface area (Å²) in [4.78, 5) is 0.0116. The first-order valence-corrected chi connectivity index (χ1v) is 9.37. The van der Waals surface area contributed by atoms with E-state index >= 15 is 0 Å². The molecule has 0 spiro atoms. The van der Waals surface area contributed by atoms with Crippen molar-refractivity contribution >= 4 is 26.3 Å². The smallest absolute Gasteiger partial charge is 0.207 e. The average molecular weight is 391 g/mol. The van der Waals surface area contributed by atoms with Crippen LogP contribution in [0, 0.1) is 0 Å². The maximum absolute atomic E-state index is 12.7. The topological polar surface area (TPSA) is 89.2 Å². The lowest BCUT2D eigenvalue weighted by Gasteiger charge is -2.06. The lowest BCUT2D eigenvalue weighted by Crippen LogP contribution is -2.23. The second-order valence-corrected chi connectivity index (χ2v) is 7.84. The molecule has 0 aliphatic carbocycles. The zero-order valence-electron chi connectivity index (χ0n) is 12.8. The van der Waals surface area contributed by atoms with E-state index < -0.39 is 22.0 Å². The molecule has 2 heterocycles. The molecule has 12 heteroatoms. The molecule has 0 atom stereocenters. The van der Waals surface area contributed by atoms with Crippen LogP contribution in [0.1, 0.15) is 23.3 Å². The van der Waals surface area contributed by atoms with Crippen LogP contribution >= 0.6 is 11.3 Å². The monoisotopic (exact) mass is 391 g/mol. The Labute approximate surface area is 144 Å². The predicted molar refractivity (Wildman–Crippen MR) is 83.5 cm³/mol. The van der Waals surface area contributed by atoms with Crippen LogP contribution in [-0.2, 0) is 29.2 Å². The van der Waals surface area contributed by atoms with Crippen molar-refractivity contribution in [3.8, 4) is 0 Å². The summed E-state index contributed by atoms with van der Waals surface area (Å²) in [6, 6.07) is 6.35. The number of rotatable bonds is 5. The average Bonchev–Trinajstić information content (AvgIpc) is 3.12. The standard InChI is InChI=1S/C13H12F3N5O2S2/c1-2-8-3-5-9(6-4-8)25(22,23)17-7-10-20-21-11(13(14,15)16)18-19-12(21)24-10/h3-6,17H,2,7H2,1H3. The summed E-state index contributed by atoms with van der Waals surface area (Å²) in [5, 5.41) is 10.3. The van der Waals surface area contributed by atoms with Gasteiger partial charge in [0.1, 0.15) is 5.01 Å². The number of nitrogens with zero attached hydrogens (tertiary/aromatic N) is 4. The first-order chi connectivity index (χ1) is 11.7. The lowest BCUT2D eigenvalue weighted by atomic mass is 10.2. The van der Waals surface area contributed by atoms with Crippen molar-refractivity contribution in [1.29, 1.82) is 0 Å². The fourth-order valence-corrected chi connectivity index (χ4v) is 3.90. The minimum atomic E-state index is -4.69. The van der Waals surface area contributed by atoms with Crippen LogP contribution in [0.25, 0.3) is 4.96 Å². The van der Waals surface area contributed by atoms with Crippen LogP contribution in [0.3, 0.4) is 0 Å². The highest BCUT2D eigenvalue weighted by Crippen LogP contribution is 2.29. The summed E-state index contributed by atoms with van der Waals surface area (Å²) in [6.07, 6.45) is -3.91. The van der Waals surface area contributed by atoms with Gasteiger partial charge in [-0.05, 0) is 24.1 Å². The van der Waals surface area contributed by atoms with Gasteiger partial charge < -0.3 is 0 Å². The molecule has 3 rings (SSSR count). The Balaban J connectivity index is 1.78. The molecule has 2 aromatic heterocycles. The highest BCUT2D eigenvalue weighted by atomic mass is 32.2. The molecule has 0 saturated heterocycles. The molecule has 0 unspecified atom stereocenters. The van der Waals surface area contributed by atoms with Gasteiger partial charge in [0.25, 0.3) is 5.82 Å². The molecule has 1 aromatic carbocycles. The van der Waals surface area contributed by atoms with Gasteiger partial charge in [-0.25, -0.2) is 13.1 Å². The first kappa shape index (κ1) is 17.8. The number of sulfonamides is 1. The van der Waals surface area contributed by atoms with E-state index in [1.165, 1.54) is 12.1 Å². The number of halogens is 3. The molecule has 134 valence electrons. The number of alkyl halides is 3. The van der Waals surface area contributed by atoms with E-state index in [4.69, 9.17) is 0 Å². The van der Waals surface area contributed by atoms with Gasteiger partial charge in [0.15, 0.2) is 0 Å². The fraction of sp³-hybridized carbons (Fsp3) is 0.308. The van der Waals surface area contributed by atoms with Crippen molar-refractivity contribution in [3.05, 3.63) is 40.7 Å². The van der Waals surface area contributed by atoms with Gasteiger partial charge in [-0.2, -0.15) is 22.8 Å². The molecular formula is C13H12F3N5O2S2. The molecule has 7 nitrogen and oxygen atoms in total. The van der Waals surface area contributed by atoms with E-state index in [-0.39, 0.29) is 21.4 Å². The van der Waals surface area contributed by atoms with Crippen LogP contribution in [-0.4, -0.2) is 28.2 Å². The van der Waals surface area contributed by atoms with E-state index in [2.05, 4.69) is 20.0 Å². The van der Waals surface area contributed by atoms with Gasteiger partial charge >= 0.3 is 6.18 Å². The van der Waals surface area contributed by atoms with Crippen molar-refractivity contribution in [2.24, 2.45) is 0 Å². The maximum Gasteiger partial charge on any atom is 0.453 e. The van der Waals surface area contributed by atoms with Crippen molar-refractivity contribution in [1.82, 2.24) is 24.5 Å². The maximum atomic E-state index is 12.7. The van der Waals surface area contributed by atoms with E-state index in [0.717, 1.165) is 23.3 Å². The third-order valence-corrected chi connectivity index (χ3v) is 5.66. The van der Waals surface area contributed by atoms with Crippen LogP contribution in [0.4, 0.5) is 13.2 Å². The van der Waals surface area contributed by atoms with Crippen molar-refractivity contribution in [2.45, 2.75) is 31.0 Å². The molecule has 0 amide bonds. The molecule has 25 heavy (non-hydrogen) atoms. The molecule has 0 radical (unpaired) electrons. The molecule has 0 aliphatic rings. The van der Waals surface area contributed by atoms with Crippen LogP contribution in [0.5, 0.6) is 0 Å². The Morgan fingerprint density at radius 2 is 1.88 bits per heavy atom. The highest BCUT2D eigenvalue weighted by Gasteiger charge is 2.38. The fourth-order valence-electron chi connectivity index (χ4n) is 2.05. The Kier molecular flexibility index (Phi) is 4.51. The Bertz CT molecular complexity index is 993. The molecular weight excluding hydrogens is 379 g/mol. The number of aromatic nitrogens is 4. The third-order valence-electron chi connectivity index (χ3n) is 3.34. The summed E-state index contributed by atoms with van der Waals surface area (Å²) >= 11 is 0.827. The number of nitrogens with one attached hydrogen (secondary N) is 1. The summed E-state index contributed by atoms with van der Waals surface area (Å²) in [5.41, 5.74) is 0.993. The summed E-state index contributed by atoms with van der Waals surface area (Å²) < 4.78 is 65.6. The largest absolute Gasteiger partial charge is 0.453 e. The van der Waals surface area contributed by atoms with Gasteiger partial charge in [0, 0.05) is 0 Å². The summed E-state index contributed by atoms with van der Waals surface area (Å²) in [7, 11) is -3.79. The van der Waals surface area contributed by atoms with Crippen LogP contribution < -0.4 is 4.72 Å². The van der Waals surface area contributed by atoms with E-state index in [9.17, 15) is 21.6 Å². The lowest BCUT2D eigenvalue weighted by molar-refractivity contribution is -0.146. The number of hydrogen-bond donors (Lipinski definition) is 1. The molecule has 3 aromatic rings. The number of aryl methyl sites for hydroxylation is 1. The summed E-state index contributed by atoms with van der Waals surface area (Å²) in [6.45, 7) is 1.70. The Hall–Kier alpha value is -2.05. The van der Waals surface area contributed by atoms with E-state index in [1.807, 2.05) is 6.92 Å². The van der Waals surface area contributed by atoms with Gasteiger partial charge in [0.05, 0.1) is 11.4 Å². The van der Waals surface area contributed by atoms with Crippen molar-refractivity contribution < 1.29 is 21.6 Å². The van der Waals surface area contributed by atoms with E-state index in [1.54, 1.807) is 12.1 Å². The third kappa shape index (κ3) is 3.65. The normalized spacial score (nSPS) is 12.8. The minimum absolute atomic E-state index is 0.0613. The van der Waals surface area contributed by atoms with Crippen LogP contribution in [0.15, 0.2) is 29.2 Å². The second kappa shape index (κ2) is 6.35. The minimum Gasteiger partial charge on any atom is -0.207 e. The Morgan fingerprint density at radius 3 is 2.48 bits per heavy atom. The second-order valence-electron chi connectivity index (χ2n) is 5.03. The van der Waals surface area contributed by atoms with Gasteiger partial charge in [-0.1, -0.05) is 30.4 Å². The molecule has 0 aliphatic heterocycles. The molecule has 0 saturated carbocycles. The van der Waals surface area contributed by atoms with E-state index in [0.29, 0.717) is 4.52 Å². The number of fused-ring (bicyclic) bond motifs is 1. The first-order valence-electron chi connectivity index (χ1n) is 7.07. The molecule has 0 bridgehead atoms. The molecule has 1 N–H and O–H groups in total. The quantitative estimate of drug-likeness (QED) is 0.721. The zero-order valence-corrected chi connectivity index (χ0v) is 14.4. The highest BCUT2D eigenvalue weighted by molar-refractivity contribution is 7.89. The SMILES string of the molecule is CCc1ccc(S(=O)(=O)NCc2nn3c(C(F)(F)F)nnc3s2)cc1. The molecule has 0 fully saturated rings. The van der Waals surface area contributed by atoms with Gasteiger partial charge in [-0.3, -0.25) is 0 Å².